The van der Waals surface area contributed by atoms with E-state index in [1.165, 1.54) is 19.4 Å². The number of benzene rings is 1. The van der Waals surface area contributed by atoms with E-state index >= 15 is 0 Å². The molecule has 0 aliphatic carbocycles. The Hall–Kier alpha value is -1.14. The molecule has 0 spiro atoms. The molecule has 2 aliphatic rings. The zero-order chi connectivity index (χ0) is 14.7. The van der Waals surface area contributed by atoms with Crippen molar-refractivity contribution in [1.82, 2.24) is 10.3 Å². The fraction of sp³-hybridized carbons (Fsp3) is 0.625. The third-order valence-electron chi connectivity index (χ3n) is 4.50. The van der Waals surface area contributed by atoms with Crippen molar-refractivity contribution in [3.05, 3.63) is 29.8 Å². The standard InChI is InChI=1S/C16H25N3O2/c1-2-20-14-7-3-5-12(9-14)16(18-17)15-10-19-8-4-6-13(19)11-21-15/h3,5,7,9,13,15-16,18H,2,4,6,8,10-11,17H2,1H3. The van der Waals surface area contributed by atoms with E-state index in [1.54, 1.807) is 0 Å². The highest BCUT2D eigenvalue weighted by Crippen LogP contribution is 2.29. The molecule has 5 nitrogen and oxygen atoms in total. The van der Waals surface area contributed by atoms with Crippen LogP contribution in [-0.2, 0) is 4.74 Å². The van der Waals surface area contributed by atoms with Crippen molar-refractivity contribution < 1.29 is 9.47 Å². The second kappa shape index (κ2) is 6.75. The summed E-state index contributed by atoms with van der Waals surface area (Å²) in [5.41, 5.74) is 4.05. The molecule has 0 radical (unpaired) electrons. The van der Waals surface area contributed by atoms with Crippen LogP contribution < -0.4 is 16.0 Å². The van der Waals surface area contributed by atoms with Gasteiger partial charge in [0.2, 0.25) is 0 Å². The Labute approximate surface area is 126 Å². The van der Waals surface area contributed by atoms with Gasteiger partial charge >= 0.3 is 0 Å². The molecular formula is C16H25N3O2. The van der Waals surface area contributed by atoms with Gasteiger partial charge in [-0.15, -0.1) is 0 Å². The lowest BCUT2D eigenvalue weighted by Gasteiger charge is -2.38. The first kappa shape index (κ1) is 14.8. The Kier molecular flexibility index (Phi) is 4.75. The van der Waals surface area contributed by atoms with Gasteiger partial charge in [-0.05, 0) is 44.0 Å². The lowest BCUT2D eigenvalue weighted by Crippen LogP contribution is -2.51. The number of nitrogens with one attached hydrogen (secondary N) is 1. The topological polar surface area (TPSA) is 59.8 Å². The maximum atomic E-state index is 6.07. The molecule has 2 fully saturated rings. The summed E-state index contributed by atoms with van der Waals surface area (Å²) in [6, 6.07) is 8.70. The van der Waals surface area contributed by atoms with Crippen molar-refractivity contribution in [2.75, 3.05) is 26.3 Å². The van der Waals surface area contributed by atoms with Gasteiger partial charge < -0.3 is 9.47 Å². The van der Waals surface area contributed by atoms with Gasteiger partial charge in [-0.3, -0.25) is 16.2 Å². The van der Waals surface area contributed by atoms with Crippen LogP contribution in [0, 0.1) is 0 Å². The molecular weight excluding hydrogens is 266 g/mol. The second-order valence-corrected chi connectivity index (χ2v) is 5.81. The molecule has 3 unspecified atom stereocenters. The number of nitrogens with zero attached hydrogens (tertiary/aromatic N) is 1. The van der Waals surface area contributed by atoms with Crippen LogP contribution in [0.15, 0.2) is 24.3 Å². The number of rotatable bonds is 5. The monoisotopic (exact) mass is 291 g/mol. The molecule has 3 atom stereocenters. The number of nitrogens with two attached hydrogens (primary N) is 1. The summed E-state index contributed by atoms with van der Waals surface area (Å²) in [6.07, 6.45) is 2.62. The van der Waals surface area contributed by atoms with Crippen molar-refractivity contribution in [2.24, 2.45) is 5.84 Å². The van der Waals surface area contributed by atoms with Crippen LogP contribution in [0.2, 0.25) is 0 Å². The van der Waals surface area contributed by atoms with E-state index in [-0.39, 0.29) is 12.1 Å². The fourth-order valence-corrected chi connectivity index (χ4v) is 3.43. The smallest absolute Gasteiger partial charge is 0.119 e. The Morgan fingerprint density at radius 3 is 3.24 bits per heavy atom. The van der Waals surface area contributed by atoms with E-state index in [0.29, 0.717) is 12.6 Å². The molecule has 0 bridgehead atoms. The number of hydrogen-bond acceptors (Lipinski definition) is 5. The minimum Gasteiger partial charge on any atom is -0.494 e. The predicted molar refractivity (Wildman–Crippen MR) is 82.0 cm³/mol. The average Bonchev–Trinajstić information content (AvgIpc) is 2.96. The third-order valence-corrected chi connectivity index (χ3v) is 4.50. The summed E-state index contributed by atoms with van der Waals surface area (Å²) < 4.78 is 11.7. The third kappa shape index (κ3) is 3.21. The molecule has 0 saturated carbocycles. The molecule has 2 aliphatic heterocycles. The van der Waals surface area contributed by atoms with Crippen molar-refractivity contribution in [3.8, 4) is 5.75 Å². The first-order chi connectivity index (χ1) is 10.3. The Balaban J connectivity index is 1.73. The highest BCUT2D eigenvalue weighted by molar-refractivity contribution is 5.31. The number of morpholine rings is 1. The van der Waals surface area contributed by atoms with Crippen LogP contribution in [0.5, 0.6) is 5.75 Å². The van der Waals surface area contributed by atoms with E-state index in [1.807, 2.05) is 25.1 Å². The molecule has 3 rings (SSSR count). The van der Waals surface area contributed by atoms with Gasteiger partial charge in [0.25, 0.3) is 0 Å². The molecule has 1 aromatic carbocycles. The first-order valence-corrected chi connectivity index (χ1v) is 7.86. The van der Waals surface area contributed by atoms with Crippen molar-refractivity contribution >= 4 is 0 Å². The Morgan fingerprint density at radius 1 is 1.52 bits per heavy atom. The maximum Gasteiger partial charge on any atom is 0.119 e. The van der Waals surface area contributed by atoms with Crippen LogP contribution in [0.1, 0.15) is 31.4 Å². The van der Waals surface area contributed by atoms with Gasteiger partial charge in [0.15, 0.2) is 0 Å². The van der Waals surface area contributed by atoms with Crippen molar-refractivity contribution in [2.45, 2.75) is 38.0 Å². The quantitative estimate of drug-likeness (QED) is 0.635. The van der Waals surface area contributed by atoms with E-state index in [4.69, 9.17) is 15.3 Å². The normalized spacial score (nSPS) is 27.3. The average molecular weight is 291 g/mol. The van der Waals surface area contributed by atoms with E-state index in [0.717, 1.165) is 24.5 Å². The SMILES string of the molecule is CCOc1cccc(C(NN)C2CN3CCCC3CO2)c1. The molecule has 3 N–H and O–H groups in total. The van der Waals surface area contributed by atoms with Gasteiger partial charge in [-0.1, -0.05) is 12.1 Å². The van der Waals surface area contributed by atoms with E-state index in [9.17, 15) is 0 Å². The van der Waals surface area contributed by atoms with Crippen LogP contribution in [0.25, 0.3) is 0 Å². The van der Waals surface area contributed by atoms with Crippen LogP contribution >= 0.6 is 0 Å². The van der Waals surface area contributed by atoms with Crippen molar-refractivity contribution in [1.29, 1.82) is 0 Å². The minimum atomic E-state index is -0.00745. The summed E-state index contributed by atoms with van der Waals surface area (Å²) in [6.45, 7) is 5.59. The number of hydrogen-bond donors (Lipinski definition) is 2. The highest BCUT2D eigenvalue weighted by Gasteiger charge is 2.36. The molecule has 21 heavy (non-hydrogen) atoms. The molecule has 0 amide bonds. The lowest BCUT2D eigenvalue weighted by molar-refractivity contribution is -0.0653. The minimum absolute atomic E-state index is 0.00745. The number of ether oxygens (including phenoxy) is 2. The molecule has 2 heterocycles. The van der Waals surface area contributed by atoms with E-state index in [2.05, 4.69) is 16.4 Å². The van der Waals surface area contributed by atoms with Crippen LogP contribution in [0.3, 0.4) is 0 Å². The van der Waals surface area contributed by atoms with Gasteiger partial charge in [-0.25, -0.2) is 0 Å². The summed E-state index contributed by atoms with van der Waals surface area (Å²) in [5.74, 6) is 6.69. The number of hydrazine groups is 1. The highest BCUT2D eigenvalue weighted by atomic mass is 16.5. The lowest BCUT2D eigenvalue weighted by atomic mass is 9.99. The van der Waals surface area contributed by atoms with Gasteiger partial charge in [0.1, 0.15) is 5.75 Å². The predicted octanol–water partition coefficient (Wildman–Crippen LogP) is 1.45. The zero-order valence-electron chi connectivity index (χ0n) is 12.6. The molecule has 2 saturated heterocycles. The second-order valence-electron chi connectivity index (χ2n) is 5.81. The number of fused-ring (bicyclic) bond motifs is 1. The summed E-state index contributed by atoms with van der Waals surface area (Å²) in [5, 5.41) is 0. The Morgan fingerprint density at radius 2 is 2.43 bits per heavy atom. The molecule has 5 heteroatoms. The summed E-state index contributed by atoms with van der Waals surface area (Å²) >= 11 is 0. The van der Waals surface area contributed by atoms with Crippen molar-refractivity contribution in [3.63, 3.8) is 0 Å². The largest absolute Gasteiger partial charge is 0.494 e. The fourth-order valence-electron chi connectivity index (χ4n) is 3.43. The van der Waals surface area contributed by atoms with Gasteiger partial charge in [-0.2, -0.15) is 0 Å². The molecule has 1 aromatic rings. The van der Waals surface area contributed by atoms with Gasteiger partial charge in [0, 0.05) is 12.6 Å². The van der Waals surface area contributed by atoms with Crippen LogP contribution in [0.4, 0.5) is 0 Å². The molecule has 0 aromatic heterocycles. The van der Waals surface area contributed by atoms with Crippen LogP contribution in [-0.4, -0.2) is 43.3 Å². The summed E-state index contributed by atoms with van der Waals surface area (Å²) in [7, 11) is 0. The van der Waals surface area contributed by atoms with E-state index < -0.39 is 0 Å². The maximum absolute atomic E-state index is 6.07. The first-order valence-electron chi connectivity index (χ1n) is 7.86. The Bertz CT molecular complexity index is 469. The van der Waals surface area contributed by atoms with Gasteiger partial charge in [0.05, 0.1) is 25.4 Å². The molecule has 116 valence electrons. The zero-order valence-corrected chi connectivity index (χ0v) is 12.6. The summed E-state index contributed by atoms with van der Waals surface area (Å²) in [4.78, 5) is 2.53.